The van der Waals surface area contributed by atoms with E-state index < -0.39 is 0 Å². The lowest BCUT2D eigenvalue weighted by atomic mass is 10.2. The van der Waals surface area contributed by atoms with Crippen molar-refractivity contribution in [2.75, 3.05) is 19.8 Å². The number of hydrogen-bond donors (Lipinski definition) is 2. The second kappa shape index (κ2) is 6.98. The molecule has 0 unspecified atom stereocenters. The fourth-order valence-electron chi connectivity index (χ4n) is 1.10. The monoisotopic (exact) mass is 208 g/mol. The lowest BCUT2D eigenvalue weighted by Gasteiger charge is -2.05. The van der Waals surface area contributed by atoms with E-state index in [1.165, 1.54) is 0 Å². The largest absolute Gasteiger partial charge is 0.370 e. The normalized spacial score (nSPS) is 9.93. The average molecular weight is 208 g/mol. The molecule has 3 N–H and O–H groups in total. The van der Waals surface area contributed by atoms with E-state index in [1.54, 1.807) is 0 Å². The molecule has 1 aromatic rings. The van der Waals surface area contributed by atoms with Crippen molar-refractivity contribution >= 4 is 5.91 Å². The molecular formula is C11H16N2O2. The number of hydrogen-bond acceptors (Lipinski definition) is 3. The Morgan fingerprint density at radius 3 is 2.73 bits per heavy atom. The molecule has 0 aliphatic carbocycles. The lowest BCUT2D eigenvalue weighted by Crippen LogP contribution is -2.28. The standard InChI is InChI=1S/C11H16N2O2/c12-6-7-15-9-11(14)13-8-10-4-2-1-3-5-10/h1-5H,6-9,12H2,(H,13,14). The highest BCUT2D eigenvalue weighted by molar-refractivity contribution is 5.77. The molecular weight excluding hydrogens is 192 g/mol. The van der Waals surface area contributed by atoms with Crippen molar-refractivity contribution < 1.29 is 9.53 Å². The first-order chi connectivity index (χ1) is 7.33. The Morgan fingerprint density at radius 1 is 1.33 bits per heavy atom. The number of ether oxygens (including phenoxy) is 1. The van der Waals surface area contributed by atoms with Gasteiger partial charge in [-0.1, -0.05) is 30.3 Å². The van der Waals surface area contributed by atoms with Crippen LogP contribution in [0.15, 0.2) is 30.3 Å². The maximum absolute atomic E-state index is 11.2. The van der Waals surface area contributed by atoms with Gasteiger partial charge in [-0.3, -0.25) is 4.79 Å². The first kappa shape index (κ1) is 11.7. The Bertz CT molecular complexity index is 288. The van der Waals surface area contributed by atoms with E-state index in [0.29, 0.717) is 19.7 Å². The van der Waals surface area contributed by atoms with Crippen molar-refractivity contribution in [3.63, 3.8) is 0 Å². The van der Waals surface area contributed by atoms with Crippen molar-refractivity contribution in [1.29, 1.82) is 0 Å². The van der Waals surface area contributed by atoms with Crippen LogP contribution in [0.2, 0.25) is 0 Å². The molecule has 1 rings (SSSR count). The summed E-state index contributed by atoms with van der Waals surface area (Å²) >= 11 is 0. The zero-order valence-corrected chi connectivity index (χ0v) is 8.61. The van der Waals surface area contributed by atoms with Crippen LogP contribution < -0.4 is 11.1 Å². The third-order valence-electron chi connectivity index (χ3n) is 1.83. The molecule has 0 saturated heterocycles. The van der Waals surface area contributed by atoms with Gasteiger partial charge in [0.25, 0.3) is 0 Å². The summed E-state index contributed by atoms with van der Waals surface area (Å²) in [6, 6.07) is 9.73. The van der Waals surface area contributed by atoms with Gasteiger partial charge in [0.15, 0.2) is 0 Å². The number of benzene rings is 1. The van der Waals surface area contributed by atoms with Gasteiger partial charge in [0.2, 0.25) is 5.91 Å². The van der Waals surface area contributed by atoms with Gasteiger partial charge in [-0.25, -0.2) is 0 Å². The Hall–Kier alpha value is -1.39. The lowest BCUT2D eigenvalue weighted by molar-refractivity contribution is -0.125. The first-order valence-electron chi connectivity index (χ1n) is 4.91. The van der Waals surface area contributed by atoms with Crippen LogP contribution in [0.25, 0.3) is 0 Å². The summed E-state index contributed by atoms with van der Waals surface area (Å²) in [5, 5.41) is 2.75. The SMILES string of the molecule is NCCOCC(=O)NCc1ccccc1. The molecule has 0 aromatic heterocycles. The van der Waals surface area contributed by atoms with Crippen molar-refractivity contribution in [2.24, 2.45) is 5.73 Å². The topological polar surface area (TPSA) is 64.3 Å². The number of carbonyl (C=O) groups excluding carboxylic acids is 1. The van der Waals surface area contributed by atoms with Crippen LogP contribution in [0.1, 0.15) is 5.56 Å². The van der Waals surface area contributed by atoms with Gasteiger partial charge in [-0.2, -0.15) is 0 Å². The van der Waals surface area contributed by atoms with Gasteiger partial charge in [0.05, 0.1) is 6.61 Å². The Labute approximate surface area is 89.4 Å². The van der Waals surface area contributed by atoms with Gasteiger partial charge < -0.3 is 15.8 Å². The van der Waals surface area contributed by atoms with Crippen molar-refractivity contribution in [1.82, 2.24) is 5.32 Å². The maximum Gasteiger partial charge on any atom is 0.246 e. The molecule has 0 aliphatic rings. The predicted octanol–water partition coefficient (Wildman–Crippen LogP) is 0.278. The minimum atomic E-state index is -0.118. The van der Waals surface area contributed by atoms with E-state index in [-0.39, 0.29) is 12.5 Å². The van der Waals surface area contributed by atoms with Crippen molar-refractivity contribution in [3.8, 4) is 0 Å². The molecule has 0 radical (unpaired) electrons. The second-order valence-corrected chi connectivity index (χ2v) is 3.10. The quantitative estimate of drug-likeness (QED) is 0.660. The summed E-state index contributed by atoms with van der Waals surface area (Å²) in [4.78, 5) is 11.2. The van der Waals surface area contributed by atoms with Crippen LogP contribution in [0.4, 0.5) is 0 Å². The fraction of sp³-hybridized carbons (Fsp3) is 0.364. The smallest absolute Gasteiger partial charge is 0.246 e. The summed E-state index contributed by atoms with van der Waals surface area (Å²) in [7, 11) is 0. The van der Waals surface area contributed by atoms with Crippen LogP contribution in [0, 0.1) is 0 Å². The van der Waals surface area contributed by atoms with Crippen LogP contribution in [0.3, 0.4) is 0 Å². The second-order valence-electron chi connectivity index (χ2n) is 3.10. The molecule has 4 heteroatoms. The molecule has 0 fully saturated rings. The zero-order valence-electron chi connectivity index (χ0n) is 8.61. The van der Waals surface area contributed by atoms with Crippen LogP contribution in [0.5, 0.6) is 0 Å². The molecule has 0 spiro atoms. The van der Waals surface area contributed by atoms with Gasteiger partial charge in [0, 0.05) is 13.1 Å². The highest BCUT2D eigenvalue weighted by Gasteiger charge is 2.00. The minimum Gasteiger partial charge on any atom is -0.370 e. The molecule has 1 aromatic carbocycles. The van der Waals surface area contributed by atoms with Crippen molar-refractivity contribution in [3.05, 3.63) is 35.9 Å². The van der Waals surface area contributed by atoms with Crippen LogP contribution in [-0.4, -0.2) is 25.7 Å². The molecule has 0 saturated carbocycles. The van der Waals surface area contributed by atoms with E-state index in [4.69, 9.17) is 10.5 Å². The Morgan fingerprint density at radius 2 is 2.07 bits per heavy atom. The average Bonchev–Trinajstić information content (AvgIpc) is 2.28. The Kier molecular flexibility index (Phi) is 5.43. The van der Waals surface area contributed by atoms with Crippen LogP contribution in [-0.2, 0) is 16.1 Å². The predicted molar refractivity (Wildman–Crippen MR) is 58.2 cm³/mol. The first-order valence-corrected chi connectivity index (χ1v) is 4.91. The third-order valence-corrected chi connectivity index (χ3v) is 1.83. The summed E-state index contributed by atoms with van der Waals surface area (Å²) in [5.74, 6) is -0.118. The number of nitrogens with one attached hydrogen (secondary N) is 1. The molecule has 0 aliphatic heterocycles. The highest BCUT2D eigenvalue weighted by Crippen LogP contribution is 1.96. The van der Waals surface area contributed by atoms with E-state index in [9.17, 15) is 4.79 Å². The van der Waals surface area contributed by atoms with Gasteiger partial charge in [0.1, 0.15) is 6.61 Å². The third kappa shape index (κ3) is 5.15. The summed E-state index contributed by atoms with van der Waals surface area (Å²) in [6.07, 6.45) is 0. The maximum atomic E-state index is 11.2. The number of carbonyl (C=O) groups is 1. The molecule has 0 atom stereocenters. The highest BCUT2D eigenvalue weighted by atomic mass is 16.5. The van der Waals surface area contributed by atoms with Crippen molar-refractivity contribution in [2.45, 2.75) is 6.54 Å². The zero-order chi connectivity index (χ0) is 10.9. The molecule has 0 heterocycles. The molecule has 82 valence electrons. The Balaban J connectivity index is 2.17. The summed E-state index contributed by atoms with van der Waals surface area (Å²) in [6.45, 7) is 1.46. The fourth-order valence-corrected chi connectivity index (χ4v) is 1.10. The van der Waals surface area contributed by atoms with E-state index in [0.717, 1.165) is 5.56 Å². The van der Waals surface area contributed by atoms with Crippen LogP contribution >= 0.6 is 0 Å². The molecule has 4 nitrogen and oxygen atoms in total. The molecule has 0 bridgehead atoms. The summed E-state index contributed by atoms with van der Waals surface area (Å²) < 4.78 is 5.00. The number of nitrogens with two attached hydrogens (primary N) is 1. The molecule has 15 heavy (non-hydrogen) atoms. The van der Waals surface area contributed by atoms with Gasteiger partial charge >= 0.3 is 0 Å². The van der Waals surface area contributed by atoms with Gasteiger partial charge in [-0.05, 0) is 5.56 Å². The van der Waals surface area contributed by atoms with E-state index in [1.807, 2.05) is 30.3 Å². The van der Waals surface area contributed by atoms with E-state index in [2.05, 4.69) is 5.32 Å². The number of rotatable bonds is 6. The van der Waals surface area contributed by atoms with Gasteiger partial charge in [-0.15, -0.1) is 0 Å². The van der Waals surface area contributed by atoms with E-state index >= 15 is 0 Å². The molecule has 1 amide bonds. The minimum absolute atomic E-state index is 0.0734. The summed E-state index contributed by atoms with van der Waals surface area (Å²) in [5.41, 5.74) is 6.30. The number of amides is 1.